The van der Waals surface area contributed by atoms with Crippen LogP contribution in [-0.4, -0.2) is 59.3 Å². The zero-order chi connectivity index (χ0) is 20.8. The highest BCUT2D eigenvalue weighted by Gasteiger charge is 2.21. The van der Waals surface area contributed by atoms with Crippen molar-refractivity contribution in [2.45, 2.75) is 0 Å². The van der Waals surface area contributed by atoms with Crippen molar-refractivity contribution in [1.82, 2.24) is 14.9 Å². The Morgan fingerprint density at radius 1 is 0.933 bits per heavy atom. The zero-order valence-corrected chi connectivity index (χ0v) is 16.7. The largest absolute Gasteiger partial charge is 0.457 e. The molecule has 2 aromatic carbocycles. The molecule has 1 aliphatic heterocycles. The summed E-state index contributed by atoms with van der Waals surface area (Å²) < 4.78 is 5.83. The second-order valence-corrected chi connectivity index (χ2v) is 7.08. The van der Waals surface area contributed by atoms with Gasteiger partial charge in [-0.2, -0.15) is 0 Å². The lowest BCUT2D eigenvalue weighted by atomic mass is 10.2. The Morgan fingerprint density at radius 2 is 1.63 bits per heavy atom. The van der Waals surface area contributed by atoms with Crippen molar-refractivity contribution in [3.63, 3.8) is 0 Å². The summed E-state index contributed by atoms with van der Waals surface area (Å²) in [6.07, 6.45) is 1.53. The molecule has 4 N–H and O–H groups in total. The summed E-state index contributed by atoms with van der Waals surface area (Å²) in [6, 6.07) is 17.3. The van der Waals surface area contributed by atoms with Gasteiger partial charge < -0.3 is 25.8 Å². The molecule has 0 radical (unpaired) electrons. The van der Waals surface area contributed by atoms with E-state index in [4.69, 9.17) is 15.6 Å². The minimum atomic E-state index is 0.179. The van der Waals surface area contributed by atoms with Gasteiger partial charge in [-0.3, -0.25) is 4.90 Å². The second kappa shape index (κ2) is 9.43. The number of ether oxygens (including phenoxy) is 1. The first kappa shape index (κ1) is 19.9. The highest BCUT2D eigenvalue weighted by atomic mass is 16.5. The van der Waals surface area contributed by atoms with E-state index in [1.165, 1.54) is 6.33 Å². The van der Waals surface area contributed by atoms with Crippen molar-refractivity contribution in [2.75, 3.05) is 55.3 Å². The van der Waals surface area contributed by atoms with Gasteiger partial charge in [0.2, 0.25) is 0 Å². The van der Waals surface area contributed by atoms with Crippen LogP contribution in [0.25, 0.3) is 0 Å². The Labute approximate surface area is 175 Å². The van der Waals surface area contributed by atoms with E-state index < -0.39 is 0 Å². The smallest absolute Gasteiger partial charge is 0.159 e. The second-order valence-electron chi connectivity index (χ2n) is 7.08. The number of benzene rings is 2. The number of rotatable bonds is 7. The molecule has 4 rings (SSSR count). The molecular formula is C22H26N6O2. The number of anilines is 4. The summed E-state index contributed by atoms with van der Waals surface area (Å²) in [4.78, 5) is 13.1. The lowest BCUT2D eigenvalue weighted by Crippen LogP contribution is -2.47. The maximum atomic E-state index is 9.10. The molecule has 30 heavy (non-hydrogen) atoms. The van der Waals surface area contributed by atoms with E-state index in [1.54, 1.807) is 0 Å². The third-order valence-electron chi connectivity index (χ3n) is 5.05. The van der Waals surface area contributed by atoms with E-state index in [0.717, 1.165) is 49.2 Å². The number of aliphatic hydroxyl groups excluding tert-OH is 1. The fourth-order valence-corrected chi connectivity index (χ4v) is 3.43. The molecule has 0 saturated carbocycles. The normalized spacial score (nSPS) is 14.5. The Hall–Kier alpha value is -3.36. The number of aromatic nitrogens is 2. The van der Waals surface area contributed by atoms with Crippen LogP contribution in [0.15, 0.2) is 60.9 Å². The molecule has 1 saturated heterocycles. The molecule has 3 aromatic rings. The van der Waals surface area contributed by atoms with E-state index in [9.17, 15) is 0 Å². The van der Waals surface area contributed by atoms with Gasteiger partial charge in [0.05, 0.1) is 6.61 Å². The summed E-state index contributed by atoms with van der Waals surface area (Å²) in [5.41, 5.74) is 7.77. The first-order valence-corrected chi connectivity index (χ1v) is 10.0. The number of nitrogens with one attached hydrogen (secondary N) is 1. The number of hydrogen-bond donors (Lipinski definition) is 3. The average Bonchev–Trinajstić information content (AvgIpc) is 2.78. The maximum absolute atomic E-state index is 9.10. The van der Waals surface area contributed by atoms with Gasteiger partial charge in [0.15, 0.2) is 11.6 Å². The van der Waals surface area contributed by atoms with Crippen LogP contribution in [0, 0.1) is 0 Å². The van der Waals surface area contributed by atoms with E-state index in [0.29, 0.717) is 18.1 Å². The molecule has 0 amide bonds. The minimum Gasteiger partial charge on any atom is -0.457 e. The Balaban J connectivity index is 1.42. The van der Waals surface area contributed by atoms with Crippen LogP contribution in [0.5, 0.6) is 11.5 Å². The molecule has 0 spiro atoms. The van der Waals surface area contributed by atoms with Crippen LogP contribution in [0.1, 0.15) is 0 Å². The minimum absolute atomic E-state index is 0.179. The van der Waals surface area contributed by atoms with Crippen LogP contribution < -0.4 is 20.7 Å². The molecule has 8 heteroatoms. The quantitative estimate of drug-likeness (QED) is 0.551. The molecule has 1 aliphatic rings. The van der Waals surface area contributed by atoms with Crippen molar-refractivity contribution in [3.8, 4) is 11.5 Å². The van der Waals surface area contributed by atoms with Gasteiger partial charge in [0, 0.05) is 38.4 Å². The third kappa shape index (κ3) is 4.79. The van der Waals surface area contributed by atoms with Crippen LogP contribution in [0.2, 0.25) is 0 Å². The topological polar surface area (TPSA) is 99.8 Å². The predicted octanol–water partition coefficient (Wildman–Crippen LogP) is 2.71. The molecular weight excluding hydrogens is 380 g/mol. The van der Waals surface area contributed by atoms with Crippen molar-refractivity contribution in [2.24, 2.45) is 0 Å². The summed E-state index contributed by atoms with van der Waals surface area (Å²) in [5, 5.41) is 12.4. The lowest BCUT2D eigenvalue weighted by Gasteiger charge is -2.35. The summed E-state index contributed by atoms with van der Waals surface area (Å²) in [6.45, 7) is 4.24. The first-order valence-electron chi connectivity index (χ1n) is 10.0. The van der Waals surface area contributed by atoms with Crippen molar-refractivity contribution >= 4 is 23.0 Å². The van der Waals surface area contributed by atoms with Gasteiger partial charge >= 0.3 is 0 Å². The van der Waals surface area contributed by atoms with Crippen molar-refractivity contribution in [1.29, 1.82) is 0 Å². The van der Waals surface area contributed by atoms with Gasteiger partial charge in [0.1, 0.15) is 23.5 Å². The van der Waals surface area contributed by atoms with E-state index in [1.807, 2.05) is 54.6 Å². The van der Waals surface area contributed by atoms with Crippen LogP contribution in [0.3, 0.4) is 0 Å². The fourth-order valence-electron chi connectivity index (χ4n) is 3.43. The highest BCUT2D eigenvalue weighted by Crippen LogP contribution is 2.30. The SMILES string of the molecule is Nc1c(Nc2ccc(Oc3ccccc3)cc2)ncnc1N1CCN(CCO)CC1. The molecule has 1 fully saturated rings. The number of β-amino-alcohol motifs (C(OH)–C–C–N with tert-alkyl or cyclic N) is 1. The van der Waals surface area contributed by atoms with Gasteiger partial charge in [-0.05, 0) is 36.4 Å². The van der Waals surface area contributed by atoms with Crippen LogP contribution >= 0.6 is 0 Å². The molecule has 2 heterocycles. The molecule has 156 valence electrons. The van der Waals surface area contributed by atoms with Crippen molar-refractivity contribution < 1.29 is 9.84 Å². The molecule has 0 bridgehead atoms. The van der Waals surface area contributed by atoms with Gasteiger partial charge in [0.25, 0.3) is 0 Å². The molecule has 0 aliphatic carbocycles. The summed E-state index contributed by atoms with van der Waals surface area (Å²) in [7, 11) is 0. The molecule has 1 aromatic heterocycles. The predicted molar refractivity (Wildman–Crippen MR) is 118 cm³/mol. The van der Waals surface area contributed by atoms with Crippen LogP contribution in [-0.2, 0) is 0 Å². The summed E-state index contributed by atoms with van der Waals surface area (Å²) in [5.74, 6) is 2.86. The first-order chi connectivity index (χ1) is 14.7. The van der Waals surface area contributed by atoms with Gasteiger partial charge in [-0.15, -0.1) is 0 Å². The number of nitrogens with zero attached hydrogens (tertiary/aromatic N) is 4. The van der Waals surface area contributed by atoms with Crippen molar-refractivity contribution in [3.05, 3.63) is 60.9 Å². The Morgan fingerprint density at radius 3 is 2.33 bits per heavy atom. The summed E-state index contributed by atoms with van der Waals surface area (Å²) >= 11 is 0. The van der Waals surface area contributed by atoms with Crippen LogP contribution in [0.4, 0.5) is 23.0 Å². The lowest BCUT2D eigenvalue weighted by molar-refractivity contribution is 0.188. The maximum Gasteiger partial charge on any atom is 0.159 e. The van der Waals surface area contributed by atoms with Gasteiger partial charge in [-0.1, -0.05) is 18.2 Å². The van der Waals surface area contributed by atoms with E-state index >= 15 is 0 Å². The number of piperazine rings is 1. The number of para-hydroxylation sites is 1. The average molecular weight is 406 g/mol. The standard InChI is InChI=1S/C22H26N6O2/c23-20-21(24-16-25-22(20)28-12-10-27(11-13-28)14-15-29)26-17-6-8-19(9-7-17)30-18-4-2-1-3-5-18/h1-9,16,29H,10-15,23H2,(H,24,25,26). The Bertz CT molecular complexity index is 944. The van der Waals surface area contributed by atoms with E-state index in [-0.39, 0.29) is 6.61 Å². The Kier molecular flexibility index (Phi) is 6.26. The monoisotopic (exact) mass is 406 g/mol. The third-order valence-corrected chi connectivity index (χ3v) is 5.05. The number of hydrogen-bond acceptors (Lipinski definition) is 8. The number of nitrogens with two attached hydrogens (primary N) is 1. The molecule has 8 nitrogen and oxygen atoms in total. The molecule has 0 unspecified atom stereocenters. The number of nitrogen functional groups attached to an aromatic ring is 1. The molecule has 0 atom stereocenters. The van der Waals surface area contributed by atoms with Gasteiger partial charge in [-0.25, -0.2) is 9.97 Å². The highest BCUT2D eigenvalue weighted by molar-refractivity contribution is 5.78. The van der Waals surface area contributed by atoms with E-state index in [2.05, 4.69) is 25.1 Å². The number of aliphatic hydroxyl groups is 1. The zero-order valence-electron chi connectivity index (χ0n) is 16.7. The fraction of sp³-hybridized carbons (Fsp3) is 0.273.